The topological polar surface area (TPSA) is 38.2 Å². The summed E-state index contributed by atoms with van der Waals surface area (Å²) in [5.74, 6) is 0. The average molecular weight is 297 g/mol. The van der Waals surface area contributed by atoms with Crippen molar-refractivity contribution in [1.29, 1.82) is 0 Å². The van der Waals surface area contributed by atoms with E-state index in [-0.39, 0.29) is 0 Å². The summed E-state index contributed by atoms with van der Waals surface area (Å²) in [6.45, 7) is 3.44. The number of hydrogen-bond donors (Lipinski definition) is 0. The van der Waals surface area contributed by atoms with Crippen LogP contribution >= 0.6 is 11.3 Å². The zero-order valence-electron chi connectivity index (χ0n) is 11.5. The van der Waals surface area contributed by atoms with Crippen molar-refractivity contribution in [3.05, 3.63) is 42.2 Å². The van der Waals surface area contributed by atoms with Crippen molar-refractivity contribution in [2.24, 2.45) is 0 Å². The van der Waals surface area contributed by atoms with Crippen LogP contribution in [0.25, 0.3) is 21.3 Å². The van der Waals surface area contributed by atoms with E-state index in [1.807, 2.05) is 17.9 Å². The van der Waals surface area contributed by atoms with Crippen LogP contribution in [0, 0.1) is 0 Å². The second-order valence-electron chi connectivity index (χ2n) is 5.07. The molecule has 0 N–H and O–H groups in total. The minimum absolute atomic E-state index is 0.789. The number of nitrogens with zero attached hydrogens (tertiary/aromatic N) is 3. The van der Waals surface area contributed by atoms with Gasteiger partial charge in [-0.25, -0.2) is 4.98 Å². The fourth-order valence-electron chi connectivity index (χ4n) is 2.61. The van der Waals surface area contributed by atoms with Gasteiger partial charge in [0.05, 0.1) is 40.8 Å². The lowest BCUT2D eigenvalue weighted by Crippen LogP contribution is -2.36. The molecule has 0 bridgehead atoms. The van der Waals surface area contributed by atoms with Gasteiger partial charge in [-0.2, -0.15) is 0 Å². The molecule has 2 aromatic heterocycles. The molecule has 4 rings (SSSR count). The lowest BCUT2D eigenvalue weighted by atomic mass is 10.1. The summed E-state index contributed by atoms with van der Waals surface area (Å²) in [6.07, 6.45) is 3.85. The highest BCUT2D eigenvalue weighted by atomic mass is 32.1. The summed E-state index contributed by atoms with van der Waals surface area (Å²) in [6, 6.07) is 8.58. The number of ether oxygens (including phenoxy) is 1. The second kappa shape index (κ2) is 5.42. The number of rotatable bonds is 2. The first kappa shape index (κ1) is 12.7. The van der Waals surface area contributed by atoms with Gasteiger partial charge in [0, 0.05) is 24.8 Å². The normalized spacial score (nSPS) is 15.5. The number of morpholine rings is 1. The molecule has 0 radical (unpaired) electrons. The zero-order chi connectivity index (χ0) is 14.1. The van der Waals surface area contributed by atoms with Crippen LogP contribution in [0.3, 0.4) is 0 Å². The number of anilines is 1. The molecule has 1 fully saturated rings. The van der Waals surface area contributed by atoms with Crippen LogP contribution < -0.4 is 4.90 Å². The van der Waals surface area contributed by atoms with Crippen LogP contribution in [-0.4, -0.2) is 36.3 Å². The first-order valence-corrected chi connectivity index (χ1v) is 7.89. The highest BCUT2D eigenvalue weighted by Gasteiger charge is 2.12. The van der Waals surface area contributed by atoms with Crippen LogP contribution in [-0.2, 0) is 4.74 Å². The Bertz CT molecular complexity index is 765. The summed E-state index contributed by atoms with van der Waals surface area (Å²) in [5, 5.41) is 0. The quantitative estimate of drug-likeness (QED) is 0.728. The van der Waals surface area contributed by atoms with Gasteiger partial charge in [-0.3, -0.25) is 4.98 Å². The number of benzene rings is 1. The second-order valence-corrected chi connectivity index (χ2v) is 5.95. The van der Waals surface area contributed by atoms with Crippen LogP contribution in [0.4, 0.5) is 5.69 Å². The summed E-state index contributed by atoms with van der Waals surface area (Å²) in [5.41, 5.74) is 6.45. The molecule has 0 aliphatic carbocycles. The van der Waals surface area contributed by atoms with E-state index < -0.39 is 0 Å². The Balaban J connectivity index is 1.70. The predicted molar refractivity (Wildman–Crippen MR) is 85.9 cm³/mol. The Hall–Kier alpha value is -1.98. The minimum atomic E-state index is 0.789. The van der Waals surface area contributed by atoms with Crippen LogP contribution in [0.2, 0.25) is 0 Å². The Morgan fingerprint density at radius 3 is 2.86 bits per heavy atom. The van der Waals surface area contributed by atoms with Gasteiger partial charge in [-0.05, 0) is 23.8 Å². The minimum Gasteiger partial charge on any atom is -0.378 e. The van der Waals surface area contributed by atoms with Gasteiger partial charge in [-0.1, -0.05) is 6.07 Å². The standard InChI is InChI=1S/C16H15N3OS/c1-2-15-16(21-11-18-15)8-12(1)13-7-14(10-17-9-13)19-3-5-20-6-4-19/h1-2,7-11H,3-6H2. The van der Waals surface area contributed by atoms with Crippen molar-refractivity contribution in [2.75, 3.05) is 31.2 Å². The molecule has 3 aromatic rings. The van der Waals surface area contributed by atoms with E-state index >= 15 is 0 Å². The van der Waals surface area contributed by atoms with E-state index in [1.54, 1.807) is 11.3 Å². The van der Waals surface area contributed by atoms with E-state index in [0.29, 0.717) is 0 Å². The van der Waals surface area contributed by atoms with Crippen molar-refractivity contribution in [3.63, 3.8) is 0 Å². The maximum Gasteiger partial charge on any atom is 0.0812 e. The number of thiazole rings is 1. The molecule has 1 aliphatic heterocycles. The average Bonchev–Trinajstić information content (AvgIpc) is 3.03. The van der Waals surface area contributed by atoms with E-state index in [1.165, 1.54) is 16.0 Å². The lowest BCUT2D eigenvalue weighted by Gasteiger charge is -2.28. The van der Waals surface area contributed by atoms with Gasteiger partial charge in [0.15, 0.2) is 0 Å². The Morgan fingerprint density at radius 1 is 1.05 bits per heavy atom. The van der Waals surface area contributed by atoms with E-state index in [0.717, 1.165) is 37.4 Å². The lowest BCUT2D eigenvalue weighted by molar-refractivity contribution is 0.122. The van der Waals surface area contributed by atoms with Gasteiger partial charge < -0.3 is 9.64 Å². The van der Waals surface area contributed by atoms with Gasteiger partial charge >= 0.3 is 0 Å². The first-order chi connectivity index (χ1) is 10.4. The van der Waals surface area contributed by atoms with Crippen LogP contribution in [0.5, 0.6) is 0 Å². The number of pyridine rings is 1. The van der Waals surface area contributed by atoms with E-state index in [4.69, 9.17) is 4.74 Å². The van der Waals surface area contributed by atoms with Crippen molar-refractivity contribution in [3.8, 4) is 11.1 Å². The summed E-state index contributed by atoms with van der Waals surface area (Å²) >= 11 is 1.67. The molecule has 3 heterocycles. The maximum atomic E-state index is 5.41. The third kappa shape index (κ3) is 2.50. The summed E-state index contributed by atoms with van der Waals surface area (Å²) in [4.78, 5) is 11.1. The number of aromatic nitrogens is 2. The molecule has 0 unspecified atom stereocenters. The third-order valence-electron chi connectivity index (χ3n) is 3.76. The zero-order valence-corrected chi connectivity index (χ0v) is 12.3. The Kier molecular flexibility index (Phi) is 3.29. The van der Waals surface area contributed by atoms with Gasteiger partial charge in [-0.15, -0.1) is 11.3 Å². The number of fused-ring (bicyclic) bond motifs is 1. The van der Waals surface area contributed by atoms with Crippen molar-refractivity contribution in [2.45, 2.75) is 0 Å². The molecule has 0 saturated carbocycles. The predicted octanol–water partition coefficient (Wildman–Crippen LogP) is 3.19. The van der Waals surface area contributed by atoms with Crippen molar-refractivity contribution >= 4 is 27.2 Å². The smallest absolute Gasteiger partial charge is 0.0812 e. The van der Waals surface area contributed by atoms with Crippen molar-refractivity contribution in [1.82, 2.24) is 9.97 Å². The molecule has 0 atom stereocenters. The highest BCUT2D eigenvalue weighted by molar-refractivity contribution is 7.16. The fourth-order valence-corrected chi connectivity index (χ4v) is 3.33. The number of hydrogen-bond acceptors (Lipinski definition) is 5. The molecule has 1 aliphatic rings. The van der Waals surface area contributed by atoms with Gasteiger partial charge in [0.25, 0.3) is 0 Å². The fraction of sp³-hybridized carbons (Fsp3) is 0.250. The molecular weight excluding hydrogens is 282 g/mol. The SMILES string of the molecule is c1nc2ccc(-c3cncc(N4CCOCC4)c3)cc2s1. The third-order valence-corrected chi connectivity index (χ3v) is 4.56. The molecule has 106 valence electrons. The molecular formula is C16H15N3OS. The monoisotopic (exact) mass is 297 g/mol. The first-order valence-electron chi connectivity index (χ1n) is 7.01. The Morgan fingerprint density at radius 2 is 1.95 bits per heavy atom. The summed E-state index contributed by atoms with van der Waals surface area (Å²) in [7, 11) is 0. The maximum absolute atomic E-state index is 5.41. The Labute approximate surface area is 127 Å². The molecule has 0 amide bonds. The molecule has 1 saturated heterocycles. The molecule has 1 aromatic carbocycles. The van der Waals surface area contributed by atoms with Crippen LogP contribution in [0.15, 0.2) is 42.2 Å². The molecule has 5 heteroatoms. The largest absolute Gasteiger partial charge is 0.378 e. The molecule has 0 spiro atoms. The van der Waals surface area contributed by atoms with Gasteiger partial charge in [0.1, 0.15) is 0 Å². The van der Waals surface area contributed by atoms with E-state index in [9.17, 15) is 0 Å². The van der Waals surface area contributed by atoms with Crippen LogP contribution in [0.1, 0.15) is 0 Å². The molecule has 21 heavy (non-hydrogen) atoms. The van der Waals surface area contributed by atoms with E-state index in [2.05, 4.69) is 39.1 Å². The molecule has 4 nitrogen and oxygen atoms in total. The summed E-state index contributed by atoms with van der Waals surface area (Å²) < 4.78 is 6.62. The van der Waals surface area contributed by atoms with Gasteiger partial charge in [0.2, 0.25) is 0 Å². The highest BCUT2D eigenvalue weighted by Crippen LogP contribution is 2.28. The van der Waals surface area contributed by atoms with Crippen molar-refractivity contribution < 1.29 is 4.74 Å².